The number of benzene rings is 2. The maximum Gasteiger partial charge on any atom is 0.120 e. The maximum atomic E-state index is 9.96. The van der Waals surface area contributed by atoms with Crippen LogP contribution in [0.15, 0.2) is 51.4 Å². The lowest BCUT2D eigenvalue weighted by Gasteiger charge is -2.14. The fraction of sp³-hybridized carbons (Fsp3) is 0.250. The van der Waals surface area contributed by atoms with Crippen LogP contribution in [0.1, 0.15) is 5.56 Å². The summed E-state index contributed by atoms with van der Waals surface area (Å²) in [6.45, 7) is 2.72. The fourth-order valence-corrected chi connectivity index (χ4v) is 2.42. The van der Waals surface area contributed by atoms with E-state index < -0.39 is 6.10 Å². The molecule has 21 heavy (non-hydrogen) atoms. The van der Waals surface area contributed by atoms with E-state index in [-0.39, 0.29) is 6.61 Å². The van der Waals surface area contributed by atoms with Crippen molar-refractivity contribution in [3.05, 3.63) is 57.0 Å². The molecule has 0 aliphatic carbocycles. The Morgan fingerprint density at radius 3 is 2.71 bits per heavy atom. The highest BCUT2D eigenvalue weighted by molar-refractivity contribution is 9.10. The van der Waals surface area contributed by atoms with Crippen LogP contribution in [0.5, 0.6) is 5.75 Å². The summed E-state index contributed by atoms with van der Waals surface area (Å²) in [4.78, 5) is 0. The van der Waals surface area contributed by atoms with Crippen molar-refractivity contribution in [1.29, 1.82) is 0 Å². The molecule has 5 heteroatoms. The van der Waals surface area contributed by atoms with Crippen LogP contribution in [0.4, 0.5) is 5.69 Å². The van der Waals surface area contributed by atoms with E-state index in [1.165, 1.54) is 0 Å². The number of rotatable bonds is 6. The summed E-state index contributed by atoms with van der Waals surface area (Å²) in [7, 11) is 0. The van der Waals surface area contributed by atoms with Crippen molar-refractivity contribution in [3.63, 3.8) is 0 Å². The zero-order valence-corrected chi connectivity index (χ0v) is 14.8. The van der Waals surface area contributed by atoms with Crippen LogP contribution in [-0.2, 0) is 0 Å². The number of aliphatic hydroxyl groups excluding tert-OH is 1. The van der Waals surface area contributed by atoms with Gasteiger partial charge in [0.1, 0.15) is 18.5 Å². The number of hydrogen-bond donors (Lipinski definition) is 2. The minimum Gasteiger partial charge on any atom is -0.491 e. The lowest BCUT2D eigenvalue weighted by Crippen LogP contribution is -2.26. The molecule has 0 saturated heterocycles. The minimum absolute atomic E-state index is 0.249. The Bertz CT molecular complexity index is 605. The zero-order valence-electron chi connectivity index (χ0n) is 11.6. The molecule has 3 nitrogen and oxygen atoms in total. The molecule has 0 aromatic heterocycles. The minimum atomic E-state index is -0.576. The molecule has 1 atom stereocenters. The second kappa shape index (κ2) is 7.82. The fourth-order valence-electron chi connectivity index (χ4n) is 1.80. The molecule has 0 radical (unpaired) electrons. The molecule has 0 bridgehead atoms. The molecule has 2 aromatic carbocycles. The Morgan fingerprint density at radius 1 is 1.19 bits per heavy atom. The zero-order chi connectivity index (χ0) is 15.2. The normalized spacial score (nSPS) is 12.0. The Kier molecular flexibility index (Phi) is 6.08. The second-order valence-corrected chi connectivity index (χ2v) is 6.54. The van der Waals surface area contributed by atoms with Crippen LogP contribution in [-0.4, -0.2) is 24.4 Å². The highest BCUT2D eigenvalue weighted by Gasteiger charge is 2.06. The van der Waals surface area contributed by atoms with E-state index in [9.17, 15) is 5.11 Å². The van der Waals surface area contributed by atoms with Crippen molar-refractivity contribution in [2.45, 2.75) is 13.0 Å². The molecule has 2 rings (SSSR count). The van der Waals surface area contributed by atoms with Crippen molar-refractivity contribution in [2.24, 2.45) is 0 Å². The molecule has 0 saturated carbocycles. The summed E-state index contributed by atoms with van der Waals surface area (Å²) in [6.07, 6.45) is -0.576. The number of hydrogen-bond acceptors (Lipinski definition) is 3. The molecule has 1 unspecified atom stereocenters. The van der Waals surface area contributed by atoms with E-state index in [0.29, 0.717) is 6.54 Å². The molecule has 0 spiro atoms. The predicted molar refractivity (Wildman–Crippen MR) is 93.0 cm³/mol. The first-order chi connectivity index (χ1) is 10.0. The first-order valence-corrected chi connectivity index (χ1v) is 8.19. The number of aryl methyl sites for hydroxylation is 1. The van der Waals surface area contributed by atoms with Gasteiger partial charge in [-0.2, -0.15) is 0 Å². The van der Waals surface area contributed by atoms with E-state index in [2.05, 4.69) is 37.2 Å². The van der Waals surface area contributed by atoms with Crippen molar-refractivity contribution < 1.29 is 9.84 Å². The summed E-state index contributed by atoms with van der Waals surface area (Å²) >= 11 is 6.85. The molecular formula is C16H17Br2NO2. The predicted octanol–water partition coefficient (Wildman–Crippen LogP) is 4.37. The molecule has 0 amide bonds. The number of aliphatic hydroxyl groups is 1. The summed E-state index contributed by atoms with van der Waals surface area (Å²) < 4.78 is 7.58. The van der Waals surface area contributed by atoms with E-state index in [1.807, 2.05) is 49.4 Å². The second-order valence-electron chi connectivity index (χ2n) is 4.77. The van der Waals surface area contributed by atoms with Gasteiger partial charge in [-0.3, -0.25) is 0 Å². The highest BCUT2D eigenvalue weighted by Crippen LogP contribution is 2.20. The molecule has 112 valence electrons. The van der Waals surface area contributed by atoms with Crippen LogP contribution in [0.3, 0.4) is 0 Å². The van der Waals surface area contributed by atoms with E-state index in [4.69, 9.17) is 4.74 Å². The lowest BCUT2D eigenvalue weighted by molar-refractivity contribution is 0.117. The summed E-state index contributed by atoms with van der Waals surface area (Å²) in [5.74, 6) is 0.739. The first kappa shape index (κ1) is 16.3. The van der Waals surface area contributed by atoms with Crippen molar-refractivity contribution >= 4 is 37.5 Å². The number of halogens is 2. The largest absolute Gasteiger partial charge is 0.491 e. The van der Waals surface area contributed by atoms with Crippen LogP contribution in [0, 0.1) is 6.92 Å². The summed E-state index contributed by atoms with van der Waals surface area (Å²) in [5, 5.41) is 13.2. The first-order valence-electron chi connectivity index (χ1n) is 6.61. The standard InChI is InChI=1S/C16H17Br2NO2/c1-11-7-13(5-6-16(11)18)19-9-14(20)10-21-15-4-2-3-12(17)8-15/h2-8,14,19-20H,9-10H2,1H3. The van der Waals surface area contributed by atoms with Gasteiger partial charge in [-0.25, -0.2) is 0 Å². The van der Waals surface area contributed by atoms with Gasteiger partial charge in [-0.15, -0.1) is 0 Å². The third-order valence-corrected chi connectivity index (χ3v) is 4.32. The van der Waals surface area contributed by atoms with Crippen LogP contribution >= 0.6 is 31.9 Å². The van der Waals surface area contributed by atoms with Gasteiger partial charge < -0.3 is 15.2 Å². The SMILES string of the molecule is Cc1cc(NCC(O)COc2cccc(Br)c2)ccc1Br. The Hall–Kier alpha value is -1.04. The lowest BCUT2D eigenvalue weighted by atomic mass is 10.2. The topological polar surface area (TPSA) is 41.5 Å². The monoisotopic (exact) mass is 413 g/mol. The van der Waals surface area contributed by atoms with Crippen LogP contribution in [0.2, 0.25) is 0 Å². The van der Waals surface area contributed by atoms with E-state index >= 15 is 0 Å². The van der Waals surface area contributed by atoms with Gasteiger partial charge in [0.05, 0.1) is 0 Å². The molecule has 2 N–H and O–H groups in total. The number of ether oxygens (including phenoxy) is 1. The summed E-state index contributed by atoms with van der Waals surface area (Å²) in [5.41, 5.74) is 2.14. The van der Waals surface area contributed by atoms with E-state index in [1.54, 1.807) is 0 Å². The molecule has 0 aliphatic rings. The summed E-state index contributed by atoms with van der Waals surface area (Å²) in [6, 6.07) is 13.6. The Morgan fingerprint density at radius 2 is 2.00 bits per heavy atom. The third kappa shape index (κ3) is 5.34. The van der Waals surface area contributed by atoms with Gasteiger partial charge in [-0.05, 0) is 48.9 Å². The van der Waals surface area contributed by atoms with Crippen molar-refractivity contribution in [2.75, 3.05) is 18.5 Å². The average Bonchev–Trinajstić information content (AvgIpc) is 2.46. The van der Waals surface area contributed by atoms with E-state index in [0.717, 1.165) is 25.9 Å². The van der Waals surface area contributed by atoms with Gasteiger partial charge in [-0.1, -0.05) is 37.9 Å². The van der Waals surface area contributed by atoms with Gasteiger partial charge in [0.2, 0.25) is 0 Å². The Balaban J connectivity index is 1.79. The molecule has 2 aromatic rings. The smallest absolute Gasteiger partial charge is 0.120 e. The average molecular weight is 415 g/mol. The molecule has 0 fully saturated rings. The van der Waals surface area contributed by atoms with Gasteiger partial charge in [0, 0.05) is 21.2 Å². The maximum absolute atomic E-state index is 9.96. The quantitative estimate of drug-likeness (QED) is 0.737. The third-order valence-electron chi connectivity index (χ3n) is 2.94. The van der Waals surface area contributed by atoms with Crippen LogP contribution < -0.4 is 10.1 Å². The van der Waals surface area contributed by atoms with Crippen LogP contribution in [0.25, 0.3) is 0 Å². The highest BCUT2D eigenvalue weighted by atomic mass is 79.9. The molecular weight excluding hydrogens is 398 g/mol. The van der Waals surface area contributed by atoms with Gasteiger partial charge >= 0.3 is 0 Å². The van der Waals surface area contributed by atoms with Crippen molar-refractivity contribution in [1.82, 2.24) is 0 Å². The number of anilines is 1. The Labute approximate surface area is 141 Å². The van der Waals surface area contributed by atoms with Crippen molar-refractivity contribution in [3.8, 4) is 5.75 Å². The molecule has 0 heterocycles. The van der Waals surface area contributed by atoms with Gasteiger partial charge in [0.15, 0.2) is 0 Å². The number of nitrogens with one attached hydrogen (secondary N) is 1. The van der Waals surface area contributed by atoms with Gasteiger partial charge in [0.25, 0.3) is 0 Å². The molecule has 0 aliphatic heterocycles.